The maximum atomic E-state index is 8.06. The highest BCUT2D eigenvalue weighted by molar-refractivity contribution is 5.13. The van der Waals surface area contributed by atoms with E-state index < -0.39 is 0 Å². The Labute approximate surface area is 91.5 Å². The van der Waals surface area contributed by atoms with Crippen molar-refractivity contribution in [3.05, 3.63) is 24.2 Å². The standard InChI is InChI=1S/C9H13NO.C3H8O/c1-4-10-5-2-8(1)9-3-6-11-7-9;1-3(2)4/h3,6-8,10H,1-2,4-5H2;3-4H,1-2H3. The van der Waals surface area contributed by atoms with Crippen molar-refractivity contribution in [3.63, 3.8) is 0 Å². The molecule has 0 aliphatic carbocycles. The molecule has 0 spiro atoms. The van der Waals surface area contributed by atoms with Crippen LogP contribution >= 0.6 is 0 Å². The molecule has 0 radical (unpaired) electrons. The van der Waals surface area contributed by atoms with Gasteiger partial charge in [-0.2, -0.15) is 0 Å². The van der Waals surface area contributed by atoms with Gasteiger partial charge in [-0.05, 0) is 57.3 Å². The largest absolute Gasteiger partial charge is 0.472 e. The number of piperidine rings is 1. The van der Waals surface area contributed by atoms with Gasteiger partial charge in [-0.15, -0.1) is 0 Å². The molecule has 1 aliphatic heterocycles. The predicted molar refractivity (Wildman–Crippen MR) is 60.9 cm³/mol. The summed E-state index contributed by atoms with van der Waals surface area (Å²) in [4.78, 5) is 0. The van der Waals surface area contributed by atoms with Gasteiger partial charge < -0.3 is 14.8 Å². The molecule has 1 aliphatic rings. The number of nitrogens with one attached hydrogen (secondary N) is 1. The Hall–Kier alpha value is -0.800. The molecular weight excluding hydrogens is 190 g/mol. The van der Waals surface area contributed by atoms with Crippen molar-refractivity contribution in [3.8, 4) is 0 Å². The summed E-state index contributed by atoms with van der Waals surface area (Å²) < 4.78 is 5.05. The predicted octanol–water partition coefficient (Wildman–Crippen LogP) is 2.13. The molecule has 2 rings (SSSR count). The first-order valence-corrected chi connectivity index (χ1v) is 5.61. The first kappa shape index (κ1) is 12.3. The van der Waals surface area contributed by atoms with E-state index in [4.69, 9.17) is 9.52 Å². The van der Waals surface area contributed by atoms with E-state index in [9.17, 15) is 0 Å². The Bertz CT molecular complexity index is 235. The van der Waals surface area contributed by atoms with Crippen molar-refractivity contribution >= 4 is 0 Å². The molecule has 0 atom stereocenters. The van der Waals surface area contributed by atoms with Crippen molar-refractivity contribution in [2.45, 2.75) is 38.7 Å². The molecule has 2 N–H and O–H groups in total. The quantitative estimate of drug-likeness (QED) is 0.748. The lowest BCUT2D eigenvalue weighted by atomic mass is 9.92. The van der Waals surface area contributed by atoms with Gasteiger partial charge in [0.25, 0.3) is 0 Å². The van der Waals surface area contributed by atoms with Crippen molar-refractivity contribution < 1.29 is 9.52 Å². The Balaban J connectivity index is 0.000000245. The summed E-state index contributed by atoms with van der Waals surface area (Å²) in [5.41, 5.74) is 1.37. The van der Waals surface area contributed by atoms with Crippen LogP contribution in [-0.4, -0.2) is 24.3 Å². The lowest BCUT2D eigenvalue weighted by molar-refractivity contribution is 0.216. The van der Waals surface area contributed by atoms with Gasteiger partial charge in [0.05, 0.1) is 12.5 Å². The van der Waals surface area contributed by atoms with Crippen LogP contribution < -0.4 is 5.32 Å². The third-order valence-corrected chi connectivity index (χ3v) is 2.35. The fourth-order valence-corrected chi connectivity index (χ4v) is 1.66. The zero-order chi connectivity index (χ0) is 11.1. The van der Waals surface area contributed by atoms with Crippen LogP contribution in [-0.2, 0) is 0 Å². The average Bonchev–Trinajstić information content (AvgIpc) is 2.71. The van der Waals surface area contributed by atoms with E-state index in [-0.39, 0.29) is 6.10 Å². The van der Waals surface area contributed by atoms with Gasteiger partial charge in [-0.3, -0.25) is 0 Å². The molecule has 3 nitrogen and oxygen atoms in total. The molecule has 0 aromatic carbocycles. The fraction of sp³-hybridized carbons (Fsp3) is 0.667. The van der Waals surface area contributed by atoms with Crippen molar-refractivity contribution in [2.75, 3.05) is 13.1 Å². The van der Waals surface area contributed by atoms with Gasteiger partial charge in [0.1, 0.15) is 0 Å². The van der Waals surface area contributed by atoms with Crippen LogP contribution in [0.1, 0.15) is 38.2 Å². The molecule has 1 fully saturated rings. The lowest BCUT2D eigenvalue weighted by Crippen LogP contribution is -2.26. The minimum Gasteiger partial charge on any atom is -0.472 e. The molecule has 3 heteroatoms. The van der Waals surface area contributed by atoms with Crippen molar-refractivity contribution in [1.82, 2.24) is 5.32 Å². The van der Waals surface area contributed by atoms with Gasteiger partial charge in [0, 0.05) is 6.10 Å². The van der Waals surface area contributed by atoms with Gasteiger partial charge in [0.15, 0.2) is 0 Å². The third-order valence-electron chi connectivity index (χ3n) is 2.35. The van der Waals surface area contributed by atoms with Crippen LogP contribution in [0, 0.1) is 0 Å². The summed E-state index contributed by atoms with van der Waals surface area (Å²) in [7, 11) is 0. The summed E-state index contributed by atoms with van der Waals surface area (Å²) in [6, 6.07) is 2.08. The normalized spacial score (nSPS) is 17.3. The molecule has 0 amide bonds. The van der Waals surface area contributed by atoms with Crippen LogP contribution in [0.15, 0.2) is 23.0 Å². The number of hydrogen-bond donors (Lipinski definition) is 2. The molecule has 2 heterocycles. The summed E-state index contributed by atoms with van der Waals surface area (Å²) >= 11 is 0. The minimum atomic E-state index is -0.167. The highest BCUT2D eigenvalue weighted by Crippen LogP contribution is 2.24. The van der Waals surface area contributed by atoms with Gasteiger partial charge >= 0.3 is 0 Å². The Morgan fingerprint density at radius 2 is 2.00 bits per heavy atom. The van der Waals surface area contributed by atoms with Crippen LogP contribution in [0.3, 0.4) is 0 Å². The highest BCUT2D eigenvalue weighted by Gasteiger charge is 2.15. The van der Waals surface area contributed by atoms with E-state index in [2.05, 4.69) is 11.4 Å². The highest BCUT2D eigenvalue weighted by atomic mass is 16.3. The lowest BCUT2D eigenvalue weighted by Gasteiger charge is -2.20. The molecule has 86 valence electrons. The maximum Gasteiger partial charge on any atom is 0.0937 e. The SMILES string of the molecule is CC(C)O.c1cc(C2CCNCC2)co1. The second kappa shape index (κ2) is 6.64. The van der Waals surface area contributed by atoms with Crippen LogP contribution in [0.5, 0.6) is 0 Å². The van der Waals surface area contributed by atoms with Gasteiger partial charge in [-0.25, -0.2) is 0 Å². The molecule has 1 aromatic heterocycles. The monoisotopic (exact) mass is 211 g/mol. The smallest absolute Gasteiger partial charge is 0.0937 e. The second-order valence-electron chi connectivity index (χ2n) is 4.17. The van der Waals surface area contributed by atoms with Crippen LogP contribution in [0.4, 0.5) is 0 Å². The Kier molecular flexibility index (Phi) is 5.43. The first-order valence-electron chi connectivity index (χ1n) is 5.61. The zero-order valence-electron chi connectivity index (χ0n) is 9.57. The van der Waals surface area contributed by atoms with Gasteiger partial charge in [0.2, 0.25) is 0 Å². The number of furan rings is 1. The molecule has 0 unspecified atom stereocenters. The number of rotatable bonds is 1. The molecule has 1 saturated heterocycles. The summed E-state index contributed by atoms with van der Waals surface area (Å²) in [6.07, 6.45) is 5.96. The minimum absolute atomic E-state index is 0.167. The summed E-state index contributed by atoms with van der Waals surface area (Å²) in [5, 5.41) is 11.4. The average molecular weight is 211 g/mol. The zero-order valence-corrected chi connectivity index (χ0v) is 9.57. The van der Waals surface area contributed by atoms with E-state index >= 15 is 0 Å². The number of aliphatic hydroxyl groups excluding tert-OH is 1. The van der Waals surface area contributed by atoms with Crippen LogP contribution in [0.25, 0.3) is 0 Å². The maximum absolute atomic E-state index is 8.06. The van der Waals surface area contributed by atoms with E-state index in [1.807, 2.05) is 6.26 Å². The Morgan fingerprint density at radius 1 is 1.40 bits per heavy atom. The van der Waals surface area contributed by atoms with Crippen molar-refractivity contribution in [2.24, 2.45) is 0 Å². The van der Waals surface area contributed by atoms with Crippen molar-refractivity contribution in [1.29, 1.82) is 0 Å². The first-order chi connectivity index (χ1) is 7.20. The third kappa shape index (κ3) is 5.00. The fourth-order valence-electron chi connectivity index (χ4n) is 1.66. The molecular formula is C12H21NO2. The molecule has 0 saturated carbocycles. The van der Waals surface area contributed by atoms with E-state index in [1.54, 1.807) is 20.1 Å². The topological polar surface area (TPSA) is 45.4 Å². The molecule has 15 heavy (non-hydrogen) atoms. The van der Waals surface area contributed by atoms with Gasteiger partial charge in [-0.1, -0.05) is 0 Å². The van der Waals surface area contributed by atoms with E-state index in [0.717, 1.165) is 19.0 Å². The Morgan fingerprint density at radius 3 is 2.47 bits per heavy atom. The number of hydrogen-bond acceptors (Lipinski definition) is 3. The molecule has 0 bridgehead atoms. The summed E-state index contributed by atoms with van der Waals surface area (Å²) in [5.74, 6) is 0.731. The molecule has 1 aromatic rings. The number of aliphatic hydroxyl groups is 1. The van der Waals surface area contributed by atoms with Crippen LogP contribution in [0.2, 0.25) is 0 Å². The van der Waals surface area contributed by atoms with E-state index in [1.165, 1.54) is 18.4 Å². The van der Waals surface area contributed by atoms with E-state index in [0.29, 0.717) is 0 Å². The summed E-state index contributed by atoms with van der Waals surface area (Å²) in [6.45, 7) is 5.74. The second-order valence-corrected chi connectivity index (χ2v) is 4.17.